The first-order valence-corrected chi connectivity index (χ1v) is 7.08. The standard InChI is InChI=1S/C13H23ClN4O2/c1-10(4-7-19)8-15-11-9-16-18(6-5-17(2)3)13(20)12(11)14/h9-10,15,19H,4-8H2,1-3H3. The van der Waals surface area contributed by atoms with E-state index in [1.54, 1.807) is 6.20 Å². The van der Waals surface area contributed by atoms with Gasteiger partial charge in [-0.2, -0.15) is 5.10 Å². The molecule has 6 nitrogen and oxygen atoms in total. The van der Waals surface area contributed by atoms with Gasteiger partial charge in [-0.25, -0.2) is 4.68 Å². The SMILES string of the molecule is CC(CCO)CNc1cnn(CCN(C)C)c(=O)c1Cl. The maximum atomic E-state index is 12.0. The zero-order chi connectivity index (χ0) is 15.1. The second kappa shape index (κ2) is 8.24. The lowest BCUT2D eigenvalue weighted by atomic mass is 10.1. The largest absolute Gasteiger partial charge is 0.396 e. The van der Waals surface area contributed by atoms with Crippen LogP contribution in [0.4, 0.5) is 5.69 Å². The van der Waals surface area contributed by atoms with Crippen molar-refractivity contribution in [1.29, 1.82) is 0 Å². The number of likely N-dealkylation sites (N-methyl/N-ethyl adjacent to an activating group) is 1. The molecule has 0 aromatic carbocycles. The minimum atomic E-state index is -0.284. The number of nitrogens with zero attached hydrogens (tertiary/aromatic N) is 3. The summed E-state index contributed by atoms with van der Waals surface area (Å²) in [5.41, 5.74) is 0.260. The molecule has 1 aromatic heterocycles. The minimum absolute atomic E-state index is 0.154. The van der Waals surface area contributed by atoms with Crippen molar-refractivity contribution < 1.29 is 5.11 Å². The molecule has 1 heterocycles. The van der Waals surface area contributed by atoms with E-state index in [4.69, 9.17) is 16.7 Å². The molecule has 0 aliphatic heterocycles. The van der Waals surface area contributed by atoms with Gasteiger partial charge >= 0.3 is 0 Å². The summed E-state index contributed by atoms with van der Waals surface area (Å²) < 4.78 is 1.37. The fourth-order valence-corrected chi connectivity index (χ4v) is 1.86. The summed E-state index contributed by atoms with van der Waals surface area (Å²) in [5, 5.41) is 16.2. The van der Waals surface area contributed by atoms with Crippen molar-refractivity contribution in [3.05, 3.63) is 21.6 Å². The van der Waals surface area contributed by atoms with Crippen molar-refractivity contribution in [2.24, 2.45) is 5.92 Å². The van der Waals surface area contributed by atoms with Crippen LogP contribution in [0.15, 0.2) is 11.0 Å². The summed E-state index contributed by atoms with van der Waals surface area (Å²) in [6, 6.07) is 0. The van der Waals surface area contributed by atoms with Crippen molar-refractivity contribution in [1.82, 2.24) is 14.7 Å². The lowest BCUT2D eigenvalue weighted by Crippen LogP contribution is -2.29. The summed E-state index contributed by atoms with van der Waals surface area (Å²) in [7, 11) is 3.87. The maximum absolute atomic E-state index is 12.0. The van der Waals surface area contributed by atoms with E-state index in [0.29, 0.717) is 31.1 Å². The molecular formula is C13H23ClN4O2. The third-order valence-corrected chi connectivity index (χ3v) is 3.37. The quantitative estimate of drug-likeness (QED) is 0.746. The van der Waals surface area contributed by atoms with Crippen LogP contribution in [0.25, 0.3) is 0 Å². The van der Waals surface area contributed by atoms with Gasteiger partial charge in [0.1, 0.15) is 5.02 Å². The predicted molar refractivity (Wildman–Crippen MR) is 81.4 cm³/mol. The number of anilines is 1. The number of rotatable bonds is 8. The smallest absolute Gasteiger partial charge is 0.287 e. The summed E-state index contributed by atoms with van der Waals surface area (Å²) in [6.07, 6.45) is 2.28. The van der Waals surface area contributed by atoms with Gasteiger partial charge < -0.3 is 15.3 Å². The van der Waals surface area contributed by atoms with Crippen LogP contribution in [0.3, 0.4) is 0 Å². The zero-order valence-electron chi connectivity index (χ0n) is 12.3. The number of nitrogens with one attached hydrogen (secondary N) is 1. The molecule has 0 radical (unpaired) electrons. The molecule has 114 valence electrons. The molecule has 1 rings (SSSR count). The van der Waals surface area contributed by atoms with Gasteiger partial charge in [-0.15, -0.1) is 0 Å². The van der Waals surface area contributed by atoms with E-state index in [2.05, 4.69) is 10.4 Å². The average molecular weight is 303 g/mol. The molecule has 1 atom stereocenters. The summed E-state index contributed by atoms with van der Waals surface area (Å²) in [4.78, 5) is 14.0. The molecule has 0 bridgehead atoms. The van der Waals surface area contributed by atoms with Gasteiger partial charge in [0.05, 0.1) is 18.4 Å². The highest BCUT2D eigenvalue weighted by molar-refractivity contribution is 6.32. The van der Waals surface area contributed by atoms with Crippen LogP contribution < -0.4 is 10.9 Å². The van der Waals surface area contributed by atoms with E-state index in [1.807, 2.05) is 25.9 Å². The predicted octanol–water partition coefficient (Wildman–Crippen LogP) is 0.889. The molecule has 1 aromatic rings. The Hall–Kier alpha value is -1.11. The van der Waals surface area contributed by atoms with E-state index < -0.39 is 0 Å². The third-order valence-electron chi connectivity index (χ3n) is 3.01. The van der Waals surface area contributed by atoms with Gasteiger partial charge in [0.2, 0.25) is 0 Å². The van der Waals surface area contributed by atoms with Gasteiger partial charge in [0.25, 0.3) is 5.56 Å². The Morgan fingerprint density at radius 2 is 2.25 bits per heavy atom. The Balaban J connectivity index is 2.71. The van der Waals surface area contributed by atoms with E-state index in [1.165, 1.54) is 4.68 Å². The lowest BCUT2D eigenvalue weighted by molar-refractivity contribution is 0.266. The van der Waals surface area contributed by atoms with Gasteiger partial charge in [-0.05, 0) is 26.4 Å². The number of aliphatic hydroxyl groups excluding tert-OH is 1. The summed E-state index contributed by atoms with van der Waals surface area (Å²) in [6.45, 7) is 4.04. The first kappa shape index (κ1) is 16.9. The minimum Gasteiger partial charge on any atom is -0.396 e. The first-order chi connectivity index (χ1) is 9.45. The van der Waals surface area contributed by atoms with E-state index in [-0.39, 0.29) is 17.2 Å². The van der Waals surface area contributed by atoms with E-state index in [9.17, 15) is 4.79 Å². The third kappa shape index (κ3) is 5.11. The van der Waals surface area contributed by atoms with Crippen LogP contribution in [0, 0.1) is 5.92 Å². The maximum Gasteiger partial charge on any atom is 0.287 e. The number of aliphatic hydroxyl groups is 1. The Kier molecular flexibility index (Phi) is 6.98. The topological polar surface area (TPSA) is 70.4 Å². The normalized spacial score (nSPS) is 12.7. The molecule has 0 fully saturated rings. The fourth-order valence-electron chi connectivity index (χ4n) is 1.65. The Bertz CT molecular complexity index is 476. The van der Waals surface area contributed by atoms with Crippen LogP contribution >= 0.6 is 11.6 Å². The molecule has 1 unspecified atom stereocenters. The van der Waals surface area contributed by atoms with Gasteiger partial charge in [-0.3, -0.25) is 4.79 Å². The van der Waals surface area contributed by atoms with Gasteiger partial charge in [0.15, 0.2) is 0 Å². The van der Waals surface area contributed by atoms with Crippen molar-refractivity contribution >= 4 is 17.3 Å². The summed E-state index contributed by atoms with van der Waals surface area (Å²) >= 11 is 6.08. The number of halogens is 1. The highest BCUT2D eigenvalue weighted by Gasteiger charge is 2.10. The number of hydrogen-bond acceptors (Lipinski definition) is 5. The van der Waals surface area contributed by atoms with Crippen molar-refractivity contribution in [2.45, 2.75) is 19.9 Å². The Morgan fingerprint density at radius 3 is 2.85 bits per heavy atom. The first-order valence-electron chi connectivity index (χ1n) is 6.70. The number of hydrogen-bond donors (Lipinski definition) is 2. The van der Waals surface area contributed by atoms with Crippen LogP contribution in [-0.2, 0) is 6.54 Å². The molecule has 20 heavy (non-hydrogen) atoms. The van der Waals surface area contributed by atoms with Crippen LogP contribution in [0.2, 0.25) is 5.02 Å². The molecule has 2 N–H and O–H groups in total. The zero-order valence-corrected chi connectivity index (χ0v) is 13.0. The van der Waals surface area contributed by atoms with E-state index in [0.717, 1.165) is 6.54 Å². The molecule has 0 saturated heterocycles. The van der Waals surface area contributed by atoms with Crippen molar-refractivity contribution in [3.63, 3.8) is 0 Å². The van der Waals surface area contributed by atoms with Crippen LogP contribution in [0.5, 0.6) is 0 Å². The molecular weight excluding hydrogens is 280 g/mol. The Labute approximate surface area is 124 Å². The second-order valence-electron chi connectivity index (χ2n) is 5.20. The van der Waals surface area contributed by atoms with Crippen molar-refractivity contribution in [2.75, 3.05) is 39.1 Å². The molecule has 0 aliphatic rings. The van der Waals surface area contributed by atoms with Crippen LogP contribution in [-0.4, -0.2) is 53.6 Å². The monoisotopic (exact) mass is 302 g/mol. The van der Waals surface area contributed by atoms with Crippen LogP contribution in [0.1, 0.15) is 13.3 Å². The lowest BCUT2D eigenvalue weighted by Gasteiger charge is -2.14. The molecule has 0 saturated carbocycles. The highest BCUT2D eigenvalue weighted by atomic mass is 35.5. The van der Waals surface area contributed by atoms with E-state index >= 15 is 0 Å². The molecule has 7 heteroatoms. The summed E-state index contributed by atoms with van der Waals surface area (Å²) in [5.74, 6) is 0.298. The highest BCUT2D eigenvalue weighted by Crippen LogP contribution is 2.16. The molecule has 0 amide bonds. The van der Waals surface area contributed by atoms with Crippen molar-refractivity contribution in [3.8, 4) is 0 Å². The molecule has 0 aliphatic carbocycles. The average Bonchev–Trinajstić information content (AvgIpc) is 2.39. The van der Waals surface area contributed by atoms with Gasteiger partial charge in [-0.1, -0.05) is 18.5 Å². The molecule has 0 spiro atoms. The Morgan fingerprint density at radius 1 is 1.55 bits per heavy atom. The fraction of sp³-hybridized carbons (Fsp3) is 0.692. The second-order valence-corrected chi connectivity index (χ2v) is 5.58. The van der Waals surface area contributed by atoms with Gasteiger partial charge in [0, 0.05) is 19.7 Å². The number of aromatic nitrogens is 2.